The predicted molar refractivity (Wildman–Crippen MR) is 107 cm³/mol. The Labute approximate surface area is 167 Å². The predicted octanol–water partition coefficient (Wildman–Crippen LogP) is 4.15. The summed E-state index contributed by atoms with van der Waals surface area (Å²) in [6.07, 6.45) is 0.665. The smallest absolute Gasteiger partial charge is 0.236 e. The second-order valence-electron chi connectivity index (χ2n) is 4.93. The van der Waals surface area contributed by atoms with Crippen LogP contribution in [0.25, 0.3) is 0 Å². The molecule has 1 aromatic carbocycles. The first kappa shape index (κ1) is 21.6. The fourth-order valence-corrected chi connectivity index (χ4v) is 2.71. The van der Waals surface area contributed by atoms with Crippen LogP contribution in [0.3, 0.4) is 0 Å². The van der Waals surface area contributed by atoms with Gasteiger partial charge in [-0.2, -0.15) is 0 Å². The summed E-state index contributed by atoms with van der Waals surface area (Å²) < 4.78 is -1.80. The van der Waals surface area contributed by atoms with Gasteiger partial charge in [0.25, 0.3) is 0 Å². The van der Waals surface area contributed by atoms with Gasteiger partial charge in [-0.15, -0.1) is 11.6 Å². The molecule has 0 radical (unpaired) electrons. The zero-order valence-electron chi connectivity index (χ0n) is 13.3. The summed E-state index contributed by atoms with van der Waals surface area (Å²) in [5.74, 6) is -0.732. The van der Waals surface area contributed by atoms with Gasteiger partial charge in [0.05, 0.1) is 0 Å². The average Bonchev–Trinajstić information content (AvgIpc) is 2.53. The molecule has 3 N–H and O–H groups in total. The summed E-state index contributed by atoms with van der Waals surface area (Å²) in [6, 6.07) is 6.04. The Hall–Kier alpha value is -0.460. The first-order chi connectivity index (χ1) is 11.2. The van der Waals surface area contributed by atoms with Gasteiger partial charge in [-0.3, -0.25) is 4.79 Å². The zero-order chi connectivity index (χ0) is 18.3. The minimum Gasteiger partial charge on any atom is -0.339 e. The summed E-state index contributed by atoms with van der Waals surface area (Å²) >= 11 is 28.4. The summed E-state index contributed by atoms with van der Waals surface area (Å²) in [4.78, 5) is 11.5. The number of rotatable bonds is 6. The molecule has 1 unspecified atom stereocenters. The summed E-state index contributed by atoms with van der Waals surface area (Å²) in [5, 5.41) is 8.65. The molecule has 0 fully saturated rings. The molecule has 24 heavy (non-hydrogen) atoms. The van der Waals surface area contributed by atoms with Crippen molar-refractivity contribution in [3.05, 3.63) is 29.3 Å². The third kappa shape index (κ3) is 6.45. The second kappa shape index (κ2) is 9.88. The molecular formula is C15H19Cl4N3OS. The molecule has 1 atom stereocenters. The number of thiocarbonyl (C=S) groups is 1. The van der Waals surface area contributed by atoms with E-state index in [9.17, 15) is 4.79 Å². The highest BCUT2D eigenvalue weighted by molar-refractivity contribution is 7.80. The van der Waals surface area contributed by atoms with Crippen LogP contribution in [0.1, 0.15) is 25.0 Å². The molecule has 1 aromatic rings. The van der Waals surface area contributed by atoms with E-state index in [0.29, 0.717) is 0 Å². The Morgan fingerprint density at radius 3 is 2.12 bits per heavy atom. The number of hydrogen-bond donors (Lipinski definition) is 3. The van der Waals surface area contributed by atoms with Crippen molar-refractivity contribution < 1.29 is 4.79 Å². The average molecular weight is 431 g/mol. The molecule has 0 bridgehead atoms. The van der Waals surface area contributed by atoms with E-state index in [1.165, 1.54) is 0 Å². The molecular weight excluding hydrogens is 412 g/mol. The topological polar surface area (TPSA) is 53.2 Å². The van der Waals surface area contributed by atoms with Gasteiger partial charge in [0, 0.05) is 5.69 Å². The first-order valence-electron chi connectivity index (χ1n) is 7.33. The quantitative estimate of drug-likeness (QED) is 0.360. The number of nitrogens with one attached hydrogen (secondary N) is 3. The Morgan fingerprint density at radius 2 is 1.71 bits per heavy atom. The van der Waals surface area contributed by atoms with E-state index in [2.05, 4.69) is 29.8 Å². The number of anilines is 1. The molecule has 0 heterocycles. The van der Waals surface area contributed by atoms with Gasteiger partial charge in [-0.1, -0.05) is 66.8 Å². The number of aryl methyl sites for hydroxylation is 2. The van der Waals surface area contributed by atoms with Gasteiger partial charge in [-0.05, 0) is 36.2 Å². The van der Waals surface area contributed by atoms with Crippen LogP contribution in [0, 0.1) is 0 Å². The number of amides is 1. The van der Waals surface area contributed by atoms with Crippen LogP contribution in [0.15, 0.2) is 18.2 Å². The molecule has 0 spiro atoms. The van der Waals surface area contributed by atoms with Crippen molar-refractivity contribution in [3.63, 3.8) is 0 Å². The third-order valence-electron chi connectivity index (χ3n) is 3.27. The lowest BCUT2D eigenvalue weighted by molar-refractivity contribution is -0.119. The molecule has 9 heteroatoms. The van der Waals surface area contributed by atoms with Crippen LogP contribution in [-0.4, -0.2) is 26.9 Å². The number of alkyl halides is 4. The van der Waals surface area contributed by atoms with Crippen molar-refractivity contribution in [2.24, 2.45) is 0 Å². The minimum absolute atomic E-state index is 0.233. The highest BCUT2D eigenvalue weighted by Crippen LogP contribution is 2.29. The van der Waals surface area contributed by atoms with Crippen molar-refractivity contribution in [2.45, 2.75) is 36.6 Å². The molecule has 134 valence electrons. The van der Waals surface area contributed by atoms with E-state index in [0.717, 1.165) is 29.7 Å². The SMILES string of the molecule is CCc1cccc(CC)c1NC(=S)NC(NC(=O)CCl)C(Cl)(Cl)Cl. The van der Waals surface area contributed by atoms with E-state index in [-0.39, 0.29) is 11.0 Å². The van der Waals surface area contributed by atoms with Crippen LogP contribution < -0.4 is 16.0 Å². The molecule has 0 aliphatic carbocycles. The molecule has 1 rings (SSSR count). The number of halogens is 4. The van der Waals surface area contributed by atoms with E-state index >= 15 is 0 Å². The monoisotopic (exact) mass is 429 g/mol. The Bertz CT molecular complexity index is 570. The van der Waals surface area contributed by atoms with Gasteiger partial charge in [-0.25, -0.2) is 0 Å². The lowest BCUT2D eigenvalue weighted by Crippen LogP contribution is -2.56. The van der Waals surface area contributed by atoms with Crippen molar-refractivity contribution in [1.29, 1.82) is 0 Å². The number of benzene rings is 1. The minimum atomic E-state index is -1.80. The number of hydrogen-bond acceptors (Lipinski definition) is 2. The second-order valence-corrected chi connectivity index (χ2v) is 7.98. The van der Waals surface area contributed by atoms with Gasteiger partial charge in [0.1, 0.15) is 12.0 Å². The standard InChI is InChI=1S/C15H19Cl4N3OS/c1-3-9-6-5-7-10(4-2)12(9)21-14(24)22-13(15(17,18)19)20-11(23)8-16/h5-7,13H,3-4,8H2,1-2H3,(H,20,23)(H2,21,22,24). The fraction of sp³-hybridized carbons (Fsp3) is 0.467. The molecule has 0 saturated heterocycles. The van der Waals surface area contributed by atoms with Crippen molar-refractivity contribution >= 4 is 75.3 Å². The largest absolute Gasteiger partial charge is 0.339 e. The number of carbonyl (C=O) groups is 1. The van der Waals surface area contributed by atoms with Crippen molar-refractivity contribution in [1.82, 2.24) is 10.6 Å². The van der Waals surface area contributed by atoms with E-state index in [1.807, 2.05) is 18.2 Å². The van der Waals surface area contributed by atoms with Crippen LogP contribution in [0.5, 0.6) is 0 Å². The normalized spacial score (nSPS) is 12.4. The first-order valence-corrected chi connectivity index (χ1v) is 9.40. The highest BCUT2D eigenvalue weighted by atomic mass is 35.6. The van der Waals surface area contributed by atoms with Crippen molar-refractivity contribution in [3.8, 4) is 0 Å². The van der Waals surface area contributed by atoms with Crippen LogP contribution >= 0.6 is 58.6 Å². The molecule has 0 saturated carbocycles. The lowest BCUT2D eigenvalue weighted by Gasteiger charge is -2.28. The number of carbonyl (C=O) groups excluding carboxylic acids is 1. The molecule has 1 amide bonds. The number of para-hydroxylation sites is 1. The molecule has 4 nitrogen and oxygen atoms in total. The zero-order valence-corrected chi connectivity index (χ0v) is 17.1. The van der Waals surface area contributed by atoms with E-state index < -0.39 is 15.9 Å². The summed E-state index contributed by atoms with van der Waals surface area (Å²) in [6.45, 7) is 4.11. The lowest BCUT2D eigenvalue weighted by atomic mass is 10.0. The Balaban J connectivity index is 2.92. The highest BCUT2D eigenvalue weighted by Gasteiger charge is 2.34. The maximum absolute atomic E-state index is 11.5. The third-order valence-corrected chi connectivity index (χ3v) is 4.38. The van der Waals surface area contributed by atoms with Crippen LogP contribution in [0.2, 0.25) is 0 Å². The van der Waals surface area contributed by atoms with Gasteiger partial charge >= 0.3 is 0 Å². The fourth-order valence-electron chi connectivity index (χ4n) is 2.08. The molecule has 0 aliphatic heterocycles. The summed E-state index contributed by atoms with van der Waals surface area (Å²) in [5.41, 5.74) is 3.16. The summed E-state index contributed by atoms with van der Waals surface area (Å²) in [7, 11) is 0. The maximum atomic E-state index is 11.5. The Morgan fingerprint density at radius 1 is 1.17 bits per heavy atom. The molecule has 0 aromatic heterocycles. The van der Waals surface area contributed by atoms with Gasteiger partial charge in [0.2, 0.25) is 9.70 Å². The maximum Gasteiger partial charge on any atom is 0.236 e. The van der Waals surface area contributed by atoms with Crippen LogP contribution in [0.4, 0.5) is 5.69 Å². The van der Waals surface area contributed by atoms with Gasteiger partial charge in [0.15, 0.2) is 5.11 Å². The van der Waals surface area contributed by atoms with Crippen LogP contribution in [-0.2, 0) is 17.6 Å². The van der Waals surface area contributed by atoms with Gasteiger partial charge < -0.3 is 16.0 Å². The van der Waals surface area contributed by atoms with Crippen molar-refractivity contribution in [2.75, 3.05) is 11.2 Å². The Kier molecular flexibility index (Phi) is 8.88. The molecule has 0 aliphatic rings. The van der Waals surface area contributed by atoms with E-state index in [1.54, 1.807) is 0 Å². The van der Waals surface area contributed by atoms with E-state index in [4.69, 9.17) is 58.6 Å².